The first kappa shape index (κ1) is 16.9. The molecule has 0 aliphatic heterocycles. The van der Waals surface area contributed by atoms with Gasteiger partial charge in [-0.25, -0.2) is 9.37 Å². The number of amides is 1. The zero-order valence-electron chi connectivity index (χ0n) is 14.0. The monoisotopic (exact) mass is 338 g/mol. The van der Waals surface area contributed by atoms with E-state index in [1.54, 1.807) is 25.3 Å². The summed E-state index contributed by atoms with van der Waals surface area (Å²) in [6.07, 6.45) is 2.35. The second-order valence-corrected chi connectivity index (χ2v) is 5.84. The molecule has 0 spiro atoms. The Kier molecular flexibility index (Phi) is 5.23. The summed E-state index contributed by atoms with van der Waals surface area (Å²) in [4.78, 5) is 16.2. The standard InChI is InChI=1S/C20H19FN2O2/c1-14-7-8-15(11-17(14)21)12-22-19(24)9-10-20-23-13-18(25-20)16-5-3-2-4-6-16/h2-8,11,13H,9-10,12H2,1H3,(H,22,24). The van der Waals surface area contributed by atoms with E-state index in [0.717, 1.165) is 11.1 Å². The summed E-state index contributed by atoms with van der Waals surface area (Å²) in [6.45, 7) is 2.01. The molecule has 0 saturated heterocycles. The van der Waals surface area contributed by atoms with E-state index < -0.39 is 0 Å². The van der Waals surface area contributed by atoms with Gasteiger partial charge in [-0.05, 0) is 24.1 Å². The number of hydrogen-bond donors (Lipinski definition) is 1. The van der Waals surface area contributed by atoms with Crippen LogP contribution in [0.3, 0.4) is 0 Å². The first-order valence-electron chi connectivity index (χ1n) is 8.13. The number of oxazole rings is 1. The van der Waals surface area contributed by atoms with Crippen molar-refractivity contribution in [2.45, 2.75) is 26.3 Å². The van der Waals surface area contributed by atoms with Crippen LogP contribution in [0.15, 0.2) is 59.1 Å². The van der Waals surface area contributed by atoms with Crippen molar-refractivity contribution < 1.29 is 13.6 Å². The minimum atomic E-state index is -0.264. The number of aryl methyl sites for hydroxylation is 2. The molecule has 1 N–H and O–H groups in total. The number of hydrogen-bond acceptors (Lipinski definition) is 3. The number of benzene rings is 2. The van der Waals surface area contributed by atoms with Crippen molar-refractivity contribution in [2.24, 2.45) is 0 Å². The van der Waals surface area contributed by atoms with Crippen molar-refractivity contribution in [3.63, 3.8) is 0 Å². The smallest absolute Gasteiger partial charge is 0.220 e. The third-order valence-electron chi connectivity index (χ3n) is 3.90. The Morgan fingerprint density at radius 3 is 2.76 bits per heavy atom. The van der Waals surface area contributed by atoms with Crippen LogP contribution < -0.4 is 5.32 Å². The van der Waals surface area contributed by atoms with E-state index in [1.807, 2.05) is 30.3 Å². The third-order valence-corrected chi connectivity index (χ3v) is 3.90. The molecule has 0 bridgehead atoms. The Hall–Kier alpha value is -2.95. The quantitative estimate of drug-likeness (QED) is 0.738. The Balaban J connectivity index is 1.49. The average molecular weight is 338 g/mol. The lowest BCUT2D eigenvalue weighted by molar-refractivity contribution is -0.121. The van der Waals surface area contributed by atoms with E-state index in [1.165, 1.54) is 6.07 Å². The molecule has 5 heteroatoms. The Bertz CT molecular complexity index is 859. The topological polar surface area (TPSA) is 55.1 Å². The Morgan fingerprint density at radius 2 is 2.00 bits per heavy atom. The summed E-state index contributed by atoms with van der Waals surface area (Å²) < 4.78 is 19.2. The minimum Gasteiger partial charge on any atom is -0.441 e. The number of nitrogens with zero attached hydrogens (tertiary/aromatic N) is 1. The molecule has 2 aromatic carbocycles. The molecular formula is C20H19FN2O2. The largest absolute Gasteiger partial charge is 0.441 e. The van der Waals surface area contributed by atoms with Crippen molar-refractivity contribution in [3.8, 4) is 11.3 Å². The lowest BCUT2D eigenvalue weighted by Crippen LogP contribution is -2.23. The molecule has 0 unspecified atom stereocenters. The summed E-state index contributed by atoms with van der Waals surface area (Å²) >= 11 is 0. The summed E-state index contributed by atoms with van der Waals surface area (Å²) in [5.74, 6) is 0.821. The van der Waals surface area contributed by atoms with E-state index in [0.29, 0.717) is 30.2 Å². The maximum Gasteiger partial charge on any atom is 0.220 e. The van der Waals surface area contributed by atoms with Crippen LogP contribution in [0, 0.1) is 12.7 Å². The van der Waals surface area contributed by atoms with Gasteiger partial charge in [-0.15, -0.1) is 0 Å². The van der Waals surface area contributed by atoms with Crippen LogP contribution in [-0.4, -0.2) is 10.9 Å². The fourth-order valence-electron chi connectivity index (χ4n) is 2.42. The van der Waals surface area contributed by atoms with Crippen LogP contribution in [0.1, 0.15) is 23.4 Å². The molecule has 1 heterocycles. The highest BCUT2D eigenvalue weighted by Gasteiger charge is 2.09. The third kappa shape index (κ3) is 4.53. The Morgan fingerprint density at radius 1 is 1.20 bits per heavy atom. The molecule has 0 saturated carbocycles. The molecule has 0 radical (unpaired) electrons. The molecule has 25 heavy (non-hydrogen) atoms. The minimum absolute atomic E-state index is 0.125. The van der Waals surface area contributed by atoms with Crippen LogP contribution in [0.5, 0.6) is 0 Å². The molecule has 0 aliphatic carbocycles. The van der Waals surface area contributed by atoms with Gasteiger partial charge in [0.2, 0.25) is 5.91 Å². The summed E-state index contributed by atoms with van der Waals surface area (Å²) in [7, 11) is 0. The molecule has 128 valence electrons. The zero-order chi connectivity index (χ0) is 17.6. The number of carbonyl (C=O) groups is 1. The van der Waals surface area contributed by atoms with Crippen molar-refractivity contribution >= 4 is 5.91 Å². The highest BCUT2D eigenvalue weighted by molar-refractivity contribution is 5.76. The summed E-state index contributed by atoms with van der Waals surface area (Å²) in [6, 6.07) is 14.6. The number of aromatic nitrogens is 1. The van der Waals surface area contributed by atoms with Crippen molar-refractivity contribution in [3.05, 3.63) is 77.6 Å². The van der Waals surface area contributed by atoms with E-state index in [-0.39, 0.29) is 18.1 Å². The number of carbonyl (C=O) groups excluding carboxylic acids is 1. The van der Waals surface area contributed by atoms with Gasteiger partial charge >= 0.3 is 0 Å². The number of halogens is 1. The van der Waals surface area contributed by atoms with Crippen LogP contribution >= 0.6 is 0 Å². The second-order valence-electron chi connectivity index (χ2n) is 5.84. The van der Waals surface area contributed by atoms with Crippen LogP contribution in [0.4, 0.5) is 4.39 Å². The maximum absolute atomic E-state index is 13.5. The number of rotatable bonds is 6. The van der Waals surface area contributed by atoms with Crippen LogP contribution in [-0.2, 0) is 17.8 Å². The fraction of sp³-hybridized carbons (Fsp3) is 0.200. The maximum atomic E-state index is 13.5. The molecule has 1 amide bonds. The summed E-state index contributed by atoms with van der Waals surface area (Å²) in [5.41, 5.74) is 2.28. The lowest BCUT2D eigenvalue weighted by atomic mass is 10.1. The van der Waals surface area contributed by atoms with Gasteiger partial charge in [-0.2, -0.15) is 0 Å². The van der Waals surface area contributed by atoms with Gasteiger partial charge in [-0.3, -0.25) is 4.79 Å². The van der Waals surface area contributed by atoms with Gasteiger partial charge < -0.3 is 9.73 Å². The van der Waals surface area contributed by atoms with Gasteiger partial charge in [0.25, 0.3) is 0 Å². The van der Waals surface area contributed by atoms with Crippen molar-refractivity contribution in [1.29, 1.82) is 0 Å². The first-order valence-corrected chi connectivity index (χ1v) is 8.13. The molecule has 4 nitrogen and oxygen atoms in total. The number of nitrogens with one attached hydrogen (secondary N) is 1. The van der Waals surface area contributed by atoms with Gasteiger partial charge in [0.15, 0.2) is 11.7 Å². The van der Waals surface area contributed by atoms with E-state index in [9.17, 15) is 9.18 Å². The second kappa shape index (κ2) is 7.75. The fourth-order valence-corrected chi connectivity index (χ4v) is 2.42. The first-order chi connectivity index (χ1) is 12.1. The molecule has 0 fully saturated rings. The predicted octanol–water partition coefficient (Wildman–Crippen LogP) is 4.04. The lowest BCUT2D eigenvalue weighted by Gasteiger charge is -2.06. The van der Waals surface area contributed by atoms with Crippen molar-refractivity contribution in [2.75, 3.05) is 0 Å². The molecule has 3 rings (SSSR count). The SMILES string of the molecule is Cc1ccc(CNC(=O)CCc2ncc(-c3ccccc3)o2)cc1F. The van der Waals surface area contributed by atoms with E-state index in [4.69, 9.17) is 4.42 Å². The average Bonchev–Trinajstić information content (AvgIpc) is 3.11. The van der Waals surface area contributed by atoms with Crippen molar-refractivity contribution in [1.82, 2.24) is 10.3 Å². The van der Waals surface area contributed by atoms with Gasteiger partial charge in [0, 0.05) is 24.9 Å². The molecule has 3 aromatic rings. The van der Waals surface area contributed by atoms with E-state index in [2.05, 4.69) is 10.3 Å². The molecule has 0 atom stereocenters. The van der Waals surface area contributed by atoms with Gasteiger partial charge in [-0.1, -0.05) is 42.5 Å². The zero-order valence-corrected chi connectivity index (χ0v) is 14.0. The van der Waals surface area contributed by atoms with Gasteiger partial charge in [0.05, 0.1) is 6.20 Å². The molecular weight excluding hydrogens is 319 g/mol. The Labute approximate surface area is 145 Å². The predicted molar refractivity (Wildman–Crippen MR) is 93.2 cm³/mol. The van der Waals surface area contributed by atoms with Gasteiger partial charge in [0.1, 0.15) is 5.82 Å². The molecule has 1 aromatic heterocycles. The van der Waals surface area contributed by atoms with E-state index >= 15 is 0 Å². The normalized spacial score (nSPS) is 10.6. The molecule has 0 aliphatic rings. The summed E-state index contributed by atoms with van der Waals surface area (Å²) in [5, 5.41) is 2.78. The van der Waals surface area contributed by atoms with Crippen LogP contribution in [0.2, 0.25) is 0 Å². The highest BCUT2D eigenvalue weighted by atomic mass is 19.1. The highest BCUT2D eigenvalue weighted by Crippen LogP contribution is 2.20. The van der Waals surface area contributed by atoms with Crippen LogP contribution in [0.25, 0.3) is 11.3 Å².